The SMILES string of the molecule is Cc1ncc(CN)c(N2CCCC2)n1. The summed E-state index contributed by atoms with van der Waals surface area (Å²) in [6.07, 6.45) is 4.36. The predicted octanol–water partition coefficient (Wildman–Crippen LogP) is 0.844. The predicted molar refractivity (Wildman–Crippen MR) is 56.1 cm³/mol. The largest absolute Gasteiger partial charge is 0.356 e. The van der Waals surface area contributed by atoms with Crippen LogP contribution >= 0.6 is 0 Å². The Kier molecular flexibility index (Phi) is 2.63. The van der Waals surface area contributed by atoms with Crippen LogP contribution in [0.5, 0.6) is 0 Å². The van der Waals surface area contributed by atoms with Crippen LogP contribution < -0.4 is 10.6 Å². The third-order valence-corrected chi connectivity index (χ3v) is 2.59. The zero-order valence-electron chi connectivity index (χ0n) is 8.53. The number of hydrogen-bond donors (Lipinski definition) is 1. The van der Waals surface area contributed by atoms with E-state index >= 15 is 0 Å². The van der Waals surface area contributed by atoms with Crippen LogP contribution in [0.3, 0.4) is 0 Å². The summed E-state index contributed by atoms with van der Waals surface area (Å²) in [5.74, 6) is 1.86. The molecule has 76 valence electrons. The molecule has 0 spiro atoms. The van der Waals surface area contributed by atoms with Crippen molar-refractivity contribution in [3.63, 3.8) is 0 Å². The Hall–Kier alpha value is -1.16. The highest BCUT2D eigenvalue weighted by molar-refractivity contribution is 5.46. The Balaban J connectivity index is 2.33. The summed E-state index contributed by atoms with van der Waals surface area (Å²) in [4.78, 5) is 10.9. The molecule has 14 heavy (non-hydrogen) atoms. The molecule has 1 aromatic rings. The van der Waals surface area contributed by atoms with Gasteiger partial charge in [0.2, 0.25) is 0 Å². The first-order valence-electron chi connectivity index (χ1n) is 5.09. The van der Waals surface area contributed by atoms with Gasteiger partial charge in [-0.05, 0) is 19.8 Å². The summed E-state index contributed by atoms with van der Waals surface area (Å²) in [7, 11) is 0. The van der Waals surface area contributed by atoms with E-state index in [1.807, 2.05) is 13.1 Å². The normalized spacial score (nSPS) is 16.3. The first-order chi connectivity index (χ1) is 6.81. The van der Waals surface area contributed by atoms with Crippen LogP contribution in [-0.2, 0) is 6.54 Å². The molecule has 4 nitrogen and oxygen atoms in total. The van der Waals surface area contributed by atoms with E-state index in [4.69, 9.17) is 5.73 Å². The molecule has 0 aromatic carbocycles. The fourth-order valence-corrected chi connectivity index (χ4v) is 1.83. The number of anilines is 1. The molecule has 1 aliphatic heterocycles. The van der Waals surface area contributed by atoms with Gasteiger partial charge in [0.25, 0.3) is 0 Å². The minimum absolute atomic E-state index is 0.520. The maximum absolute atomic E-state index is 5.66. The minimum Gasteiger partial charge on any atom is -0.356 e. The van der Waals surface area contributed by atoms with Crippen molar-refractivity contribution in [1.82, 2.24) is 9.97 Å². The molecule has 0 aliphatic carbocycles. The van der Waals surface area contributed by atoms with Crippen LogP contribution in [-0.4, -0.2) is 23.1 Å². The van der Waals surface area contributed by atoms with Crippen LogP contribution in [0, 0.1) is 6.92 Å². The van der Waals surface area contributed by atoms with Crippen molar-refractivity contribution in [2.45, 2.75) is 26.3 Å². The van der Waals surface area contributed by atoms with E-state index in [1.54, 1.807) is 0 Å². The van der Waals surface area contributed by atoms with Gasteiger partial charge in [-0.25, -0.2) is 9.97 Å². The van der Waals surface area contributed by atoms with Gasteiger partial charge >= 0.3 is 0 Å². The standard InChI is InChI=1S/C10H16N4/c1-8-12-7-9(6-11)10(13-8)14-4-2-3-5-14/h7H,2-6,11H2,1H3. The van der Waals surface area contributed by atoms with E-state index in [-0.39, 0.29) is 0 Å². The molecule has 0 bridgehead atoms. The maximum Gasteiger partial charge on any atom is 0.136 e. The Morgan fingerprint density at radius 2 is 2.14 bits per heavy atom. The van der Waals surface area contributed by atoms with Crippen molar-refractivity contribution in [3.05, 3.63) is 17.6 Å². The van der Waals surface area contributed by atoms with Gasteiger partial charge in [0.15, 0.2) is 0 Å². The molecule has 0 atom stereocenters. The second kappa shape index (κ2) is 3.92. The smallest absolute Gasteiger partial charge is 0.136 e. The van der Waals surface area contributed by atoms with Crippen LogP contribution in [0.25, 0.3) is 0 Å². The van der Waals surface area contributed by atoms with Gasteiger partial charge < -0.3 is 10.6 Å². The van der Waals surface area contributed by atoms with Gasteiger partial charge in [-0.2, -0.15) is 0 Å². The summed E-state index contributed by atoms with van der Waals surface area (Å²) in [5, 5.41) is 0. The molecule has 2 heterocycles. The molecule has 2 rings (SSSR count). The van der Waals surface area contributed by atoms with Crippen molar-refractivity contribution >= 4 is 5.82 Å². The van der Waals surface area contributed by atoms with E-state index in [1.165, 1.54) is 12.8 Å². The fraction of sp³-hybridized carbons (Fsp3) is 0.600. The second-order valence-corrected chi connectivity index (χ2v) is 3.66. The topological polar surface area (TPSA) is 55.0 Å². The third kappa shape index (κ3) is 1.70. The van der Waals surface area contributed by atoms with Crippen molar-refractivity contribution in [2.75, 3.05) is 18.0 Å². The molecule has 1 aliphatic rings. The van der Waals surface area contributed by atoms with Crippen LogP contribution in [0.1, 0.15) is 24.2 Å². The summed E-state index contributed by atoms with van der Waals surface area (Å²) in [6.45, 7) is 4.64. The molecule has 0 amide bonds. The van der Waals surface area contributed by atoms with E-state index in [0.717, 1.165) is 30.3 Å². The highest BCUT2D eigenvalue weighted by atomic mass is 15.2. The van der Waals surface area contributed by atoms with E-state index in [9.17, 15) is 0 Å². The number of aryl methyl sites for hydroxylation is 1. The van der Waals surface area contributed by atoms with E-state index in [2.05, 4.69) is 14.9 Å². The Labute approximate surface area is 84.2 Å². The van der Waals surface area contributed by atoms with Gasteiger partial charge in [-0.1, -0.05) is 0 Å². The number of aromatic nitrogens is 2. The molecule has 1 saturated heterocycles. The summed E-state index contributed by atoms with van der Waals surface area (Å²) in [5.41, 5.74) is 6.71. The summed E-state index contributed by atoms with van der Waals surface area (Å²) in [6, 6.07) is 0. The van der Waals surface area contributed by atoms with Gasteiger partial charge in [-0.3, -0.25) is 0 Å². The number of rotatable bonds is 2. The zero-order chi connectivity index (χ0) is 9.97. The van der Waals surface area contributed by atoms with Crippen molar-refractivity contribution in [3.8, 4) is 0 Å². The molecule has 0 unspecified atom stereocenters. The van der Waals surface area contributed by atoms with E-state index < -0.39 is 0 Å². The molecule has 4 heteroatoms. The highest BCUT2D eigenvalue weighted by Crippen LogP contribution is 2.21. The van der Waals surface area contributed by atoms with E-state index in [0.29, 0.717) is 6.54 Å². The Bertz CT molecular complexity index is 318. The van der Waals surface area contributed by atoms with Gasteiger partial charge in [0.1, 0.15) is 11.6 Å². The molecule has 1 aromatic heterocycles. The lowest BCUT2D eigenvalue weighted by Gasteiger charge is -2.19. The van der Waals surface area contributed by atoms with Crippen LogP contribution in [0.15, 0.2) is 6.20 Å². The Morgan fingerprint density at radius 1 is 1.43 bits per heavy atom. The lowest BCUT2D eigenvalue weighted by Crippen LogP contribution is -2.22. The first kappa shape index (κ1) is 9.40. The lowest BCUT2D eigenvalue weighted by atomic mass is 10.3. The van der Waals surface area contributed by atoms with Gasteiger partial charge in [0.05, 0.1) is 0 Å². The second-order valence-electron chi connectivity index (χ2n) is 3.66. The Morgan fingerprint density at radius 3 is 2.79 bits per heavy atom. The maximum atomic E-state index is 5.66. The van der Waals surface area contributed by atoms with Crippen LogP contribution in [0.4, 0.5) is 5.82 Å². The zero-order valence-corrected chi connectivity index (χ0v) is 8.53. The van der Waals surface area contributed by atoms with Crippen molar-refractivity contribution in [1.29, 1.82) is 0 Å². The molecule has 0 saturated carbocycles. The molecular weight excluding hydrogens is 176 g/mol. The fourth-order valence-electron chi connectivity index (χ4n) is 1.83. The molecule has 1 fully saturated rings. The average Bonchev–Trinajstić information content (AvgIpc) is 2.70. The van der Waals surface area contributed by atoms with Gasteiger partial charge in [0, 0.05) is 31.4 Å². The average molecular weight is 192 g/mol. The van der Waals surface area contributed by atoms with Crippen LogP contribution in [0.2, 0.25) is 0 Å². The van der Waals surface area contributed by atoms with Gasteiger partial charge in [-0.15, -0.1) is 0 Å². The lowest BCUT2D eigenvalue weighted by molar-refractivity contribution is 0.874. The summed E-state index contributed by atoms with van der Waals surface area (Å²) >= 11 is 0. The number of nitrogens with two attached hydrogens (primary N) is 1. The number of hydrogen-bond acceptors (Lipinski definition) is 4. The minimum atomic E-state index is 0.520. The summed E-state index contributed by atoms with van der Waals surface area (Å²) < 4.78 is 0. The highest BCUT2D eigenvalue weighted by Gasteiger charge is 2.16. The van der Waals surface area contributed by atoms with Crippen molar-refractivity contribution < 1.29 is 0 Å². The molecular formula is C10H16N4. The molecule has 0 radical (unpaired) electrons. The van der Waals surface area contributed by atoms with Crippen molar-refractivity contribution in [2.24, 2.45) is 5.73 Å². The quantitative estimate of drug-likeness (QED) is 0.754. The molecule has 2 N–H and O–H groups in total. The first-order valence-corrected chi connectivity index (χ1v) is 5.09. The third-order valence-electron chi connectivity index (χ3n) is 2.59. The monoisotopic (exact) mass is 192 g/mol. The number of nitrogens with zero attached hydrogens (tertiary/aromatic N) is 3.